The number of aromatic nitrogens is 2. The number of benzene rings is 1. The number of carbonyl (C=O) groups is 1. The fourth-order valence-electron chi connectivity index (χ4n) is 2.42. The van der Waals surface area contributed by atoms with E-state index in [1.807, 2.05) is 67.8 Å². The van der Waals surface area contributed by atoms with Crippen LogP contribution in [0.5, 0.6) is 0 Å². The van der Waals surface area contributed by atoms with Gasteiger partial charge in [0.25, 0.3) is 5.91 Å². The second kappa shape index (κ2) is 6.26. The molecule has 1 aromatic carbocycles. The molecular weight excluding hydrogens is 274 g/mol. The van der Waals surface area contributed by atoms with E-state index in [4.69, 9.17) is 0 Å². The normalized spacial score (nSPS) is 11.9. The van der Waals surface area contributed by atoms with Crippen molar-refractivity contribution in [1.29, 1.82) is 0 Å². The molecule has 0 bridgehead atoms. The second-order valence-corrected chi connectivity index (χ2v) is 5.08. The number of aryl methyl sites for hydroxylation is 1. The quantitative estimate of drug-likeness (QED) is 0.803. The monoisotopic (exact) mass is 291 g/mol. The Labute approximate surface area is 129 Å². The lowest BCUT2D eigenvalue weighted by atomic mass is 10.0. The van der Waals surface area contributed by atoms with Crippen LogP contribution in [0.1, 0.15) is 27.8 Å². The standard InChI is InChI=1S/C18H17N3O/c1-21-13-7-11-16(21)18(22)20-17(14-8-3-2-4-9-14)15-10-5-6-12-19-15/h2-13,17H,1H3,(H,20,22)/t17-/m0/s1. The van der Waals surface area contributed by atoms with Crippen molar-refractivity contribution in [2.24, 2.45) is 7.05 Å². The van der Waals surface area contributed by atoms with E-state index in [-0.39, 0.29) is 11.9 Å². The highest BCUT2D eigenvalue weighted by atomic mass is 16.2. The Hall–Kier alpha value is -2.88. The summed E-state index contributed by atoms with van der Waals surface area (Å²) in [5, 5.41) is 3.07. The van der Waals surface area contributed by atoms with Gasteiger partial charge in [-0.3, -0.25) is 9.78 Å². The summed E-state index contributed by atoms with van der Waals surface area (Å²) < 4.78 is 1.80. The summed E-state index contributed by atoms with van der Waals surface area (Å²) in [6.07, 6.45) is 3.59. The van der Waals surface area contributed by atoms with E-state index in [0.717, 1.165) is 11.3 Å². The van der Waals surface area contributed by atoms with Crippen LogP contribution in [0.3, 0.4) is 0 Å². The lowest BCUT2D eigenvalue weighted by Gasteiger charge is -2.19. The Morgan fingerprint density at radius 1 is 1.05 bits per heavy atom. The molecule has 4 nitrogen and oxygen atoms in total. The van der Waals surface area contributed by atoms with Crippen molar-refractivity contribution >= 4 is 5.91 Å². The minimum atomic E-state index is -0.273. The molecule has 0 spiro atoms. The van der Waals surface area contributed by atoms with Gasteiger partial charge in [-0.05, 0) is 29.8 Å². The first-order chi connectivity index (χ1) is 10.8. The topological polar surface area (TPSA) is 46.9 Å². The van der Waals surface area contributed by atoms with Crippen LogP contribution < -0.4 is 5.32 Å². The lowest BCUT2D eigenvalue weighted by Crippen LogP contribution is -2.31. The van der Waals surface area contributed by atoms with Crippen molar-refractivity contribution < 1.29 is 4.79 Å². The molecule has 2 heterocycles. The maximum absolute atomic E-state index is 12.5. The number of carbonyl (C=O) groups excluding carboxylic acids is 1. The van der Waals surface area contributed by atoms with Gasteiger partial charge in [0, 0.05) is 19.4 Å². The number of nitrogens with one attached hydrogen (secondary N) is 1. The number of hydrogen-bond acceptors (Lipinski definition) is 2. The molecule has 4 heteroatoms. The Balaban J connectivity index is 1.93. The molecule has 22 heavy (non-hydrogen) atoms. The molecule has 0 saturated heterocycles. The van der Waals surface area contributed by atoms with Gasteiger partial charge in [-0.1, -0.05) is 36.4 Å². The zero-order chi connectivity index (χ0) is 15.4. The van der Waals surface area contributed by atoms with Gasteiger partial charge in [0.1, 0.15) is 5.69 Å². The molecule has 3 rings (SSSR count). The van der Waals surface area contributed by atoms with Gasteiger partial charge in [-0.2, -0.15) is 0 Å². The lowest BCUT2D eigenvalue weighted by molar-refractivity contribution is 0.0934. The first-order valence-corrected chi connectivity index (χ1v) is 7.14. The van der Waals surface area contributed by atoms with Crippen LogP contribution in [0.15, 0.2) is 73.1 Å². The zero-order valence-corrected chi connectivity index (χ0v) is 12.3. The molecule has 1 atom stereocenters. The molecule has 0 aliphatic rings. The highest BCUT2D eigenvalue weighted by Gasteiger charge is 2.19. The Bertz CT molecular complexity index is 711. The third-order valence-corrected chi connectivity index (χ3v) is 3.57. The first kappa shape index (κ1) is 14.1. The molecule has 3 aromatic rings. The van der Waals surface area contributed by atoms with Crippen molar-refractivity contribution in [2.75, 3.05) is 0 Å². The predicted octanol–water partition coefficient (Wildman–Crippen LogP) is 2.94. The van der Waals surface area contributed by atoms with Gasteiger partial charge in [0.15, 0.2) is 0 Å². The highest BCUT2D eigenvalue weighted by Crippen LogP contribution is 2.20. The average molecular weight is 291 g/mol. The van der Waals surface area contributed by atoms with Crippen LogP contribution in [0.25, 0.3) is 0 Å². The van der Waals surface area contributed by atoms with Crippen LogP contribution in [0.4, 0.5) is 0 Å². The fraction of sp³-hybridized carbons (Fsp3) is 0.111. The third kappa shape index (κ3) is 2.91. The minimum Gasteiger partial charge on any atom is -0.347 e. The van der Waals surface area contributed by atoms with Gasteiger partial charge in [-0.15, -0.1) is 0 Å². The molecule has 0 radical (unpaired) electrons. The number of rotatable bonds is 4. The van der Waals surface area contributed by atoms with Crippen LogP contribution in [0, 0.1) is 0 Å². The smallest absolute Gasteiger partial charge is 0.268 e. The van der Waals surface area contributed by atoms with Crippen molar-refractivity contribution in [3.8, 4) is 0 Å². The molecular formula is C18H17N3O. The van der Waals surface area contributed by atoms with E-state index < -0.39 is 0 Å². The van der Waals surface area contributed by atoms with Gasteiger partial charge < -0.3 is 9.88 Å². The van der Waals surface area contributed by atoms with E-state index in [0.29, 0.717) is 5.69 Å². The number of nitrogens with zero attached hydrogens (tertiary/aromatic N) is 2. The van der Waals surface area contributed by atoms with Gasteiger partial charge in [0.05, 0.1) is 11.7 Å². The summed E-state index contributed by atoms with van der Waals surface area (Å²) >= 11 is 0. The van der Waals surface area contributed by atoms with E-state index >= 15 is 0 Å². The molecule has 0 aliphatic carbocycles. The number of hydrogen-bond donors (Lipinski definition) is 1. The van der Waals surface area contributed by atoms with Gasteiger partial charge in [-0.25, -0.2) is 0 Å². The average Bonchev–Trinajstić information content (AvgIpc) is 3.00. The van der Waals surface area contributed by atoms with Crippen LogP contribution >= 0.6 is 0 Å². The second-order valence-electron chi connectivity index (χ2n) is 5.08. The SMILES string of the molecule is Cn1cccc1C(=O)N[C@@H](c1ccccc1)c1ccccn1. The van der Waals surface area contributed by atoms with E-state index in [2.05, 4.69) is 10.3 Å². The molecule has 0 unspecified atom stereocenters. The maximum Gasteiger partial charge on any atom is 0.268 e. The summed E-state index contributed by atoms with van der Waals surface area (Å²) in [6.45, 7) is 0. The molecule has 2 aromatic heterocycles. The van der Waals surface area contributed by atoms with E-state index in [9.17, 15) is 4.79 Å². The van der Waals surface area contributed by atoms with Crippen LogP contribution in [-0.2, 0) is 7.05 Å². The summed E-state index contributed by atoms with van der Waals surface area (Å²) in [4.78, 5) is 16.9. The third-order valence-electron chi connectivity index (χ3n) is 3.57. The fourth-order valence-corrected chi connectivity index (χ4v) is 2.42. The van der Waals surface area contributed by atoms with Gasteiger partial charge in [0.2, 0.25) is 0 Å². The molecule has 0 aliphatic heterocycles. The molecule has 0 saturated carbocycles. The summed E-state index contributed by atoms with van der Waals surface area (Å²) in [6, 6.07) is 18.9. The van der Waals surface area contributed by atoms with Crippen molar-refractivity contribution in [2.45, 2.75) is 6.04 Å². The zero-order valence-electron chi connectivity index (χ0n) is 12.3. The van der Waals surface area contributed by atoms with Crippen molar-refractivity contribution in [3.05, 3.63) is 90.0 Å². The maximum atomic E-state index is 12.5. The minimum absolute atomic E-state index is 0.119. The summed E-state index contributed by atoms with van der Waals surface area (Å²) in [7, 11) is 1.85. The molecule has 110 valence electrons. The number of pyridine rings is 1. The van der Waals surface area contributed by atoms with Crippen molar-refractivity contribution in [3.63, 3.8) is 0 Å². The molecule has 0 fully saturated rings. The van der Waals surface area contributed by atoms with Crippen LogP contribution in [-0.4, -0.2) is 15.5 Å². The van der Waals surface area contributed by atoms with E-state index in [1.54, 1.807) is 16.8 Å². The van der Waals surface area contributed by atoms with Crippen LogP contribution in [0.2, 0.25) is 0 Å². The van der Waals surface area contributed by atoms with E-state index in [1.165, 1.54) is 0 Å². The summed E-state index contributed by atoms with van der Waals surface area (Å²) in [5.74, 6) is -0.119. The first-order valence-electron chi connectivity index (χ1n) is 7.14. The van der Waals surface area contributed by atoms with Gasteiger partial charge >= 0.3 is 0 Å². The highest BCUT2D eigenvalue weighted by molar-refractivity contribution is 5.93. The molecule has 1 N–H and O–H groups in total. The predicted molar refractivity (Wildman–Crippen MR) is 85.4 cm³/mol. The summed E-state index contributed by atoms with van der Waals surface area (Å²) in [5.41, 5.74) is 2.44. The Kier molecular flexibility index (Phi) is 4.01. The van der Waals surface area contributed by atoms with Crippen molar-refractivity contribution in [1.82, 2.24) is 14.9 Å². The molecule has 1 amide bonds. The largest absolute Gasteiger partial charge is 0.347 e. The Morgan fingerprint density at radius 3 is 2.45 bits per heavy atom. The number of amides is 1. The Morgan fingerprint density at radius 2 is 1.82 bits per heavy atom.